The predicted molar refractivity (Wildman–Crippen MR) is 98.8 cm³/mol. The minimum absolute atomic E-state index is 0.0773. The summed E-state index contributed by atoms with van der Waals surface area (Å²) in [7, 11) is 0. The van der Waals surface area contributed by atoms with Crippen LogP contribution in [0.15, 0.2) is 67.3 Å². The Hall–Kier alpha value is -3.41. The number of aromatic nitrogens is 2. The molecule has 0 saturated carbocycles. The van der Waals surface area contributed by atoms with E-state index in [1.165, 1.54) is 0 Å². The van der Waals surface area contributed by atoms with Gasteiger partial charge in [-0.05, 0) is 48.5 Å². The Bertz CT molecular complexity index is 870. The quantitative estimate of drug-likeness (QED) is 0.663. The second-order valence-corrected chi connectivity index (χ2v) is 5.65. The van der Waals surface area contributed by atoms with Gasteiger partial charge in [0, 0.05) is 35.8 Å². The Balaban J connectivity index is 1.51. The van der Waals surface area contributed by atoms with Crippen LogP contribution in [0.1, 0.15) is 23.7 Å². The Kier molecular flexibility index (Phi) is 5.43. The molecule has 0 aliphatic carbocycles. The van der Waals surface area contributed by atoms with Crippen LogP contribution in [0.5, 0.6) is 5.75 Å². The Morgan fingerprint density at radius 3 is 2.42 bits per heavy atom. The molecule has 26 heavy (non-hydrogen) atoms. The lowest BCUT2D eigenvalue weighted by molar-refractivity contribution is -0.118. The van der Waals surface area contributed by atoms with E-state index >= 15 is 0 Å². The third kappa shape index (κ3) is 4.36. The molecule has 0 aliphatic rings. The number of carbonyl (C=O) groups is 2. The Labute approximate surface area is 151 Å². The van der Waals surface area contributed by atoms with Gasteiger partial charge >= 0.3 is 0 Å². The fraction of sp³-hybridized carbons (Fsp3) is 0.150. The van der Waals surface area contributed by atoms with Gasteiger partial charge in [0.05, 0.1) is 6.33 Å². The number of benzene rings is 2. The van der Waals surface area contributed by atoms with Crippen molar-refractivity contribution in [2.24, 2.45) is 0 Å². The molecule has 0 aliphatic heterocycles. The molecule has 1 amide bonds. The first-order valence-electron chi connectivity index (χ1n) is 8.30. The number of amides is 1. The van der Waals surface area contributed by atoms with E-state index in [0.717, 1.165) is 5.69 Å². The van der Waals surface area contributed by atoms with Crippen LogP contribution in [0.25, 0.3) is 5.69 Å². The minimum Gasteiger partial charge on any atom is -0.484 e. The van der Waals surface area contributed by atoms with Gasteiger partial charge in [0.25, 0.3) is 5.91 Å². The summed E-state index contributed by atoms with van der Waals surface area (Å²) >= 11 is 0. The summed E-state index contributed by atoms with van der Waals surface area (Å²) in [6.45, 7) is 1.71. The lowest BCUT2D eigenvalue weighted by Crippen LogP contribution is -2.20. The molecule has 6 heteroatoms. The van der Waals surface area contributed by atoms with Crippen molar-refractivity contribution in [3.63, 3.8) is 0 Å². The molecular weight excluding hydrogens is 330 g/mol. The van der Waals surface area contributed by atoms with Crippen molar-refractivity contribution >= 4 is 17.4 Å². The summed E-state index contributed by atoms with van der Waals surface area (Å²) in [5, 5.41) is 2.78. The molecule has 2 aromatic carbocycles. The van der Waals surface area contributed by atoms with Crippen LogP contribution in [0.3, 0.4) is 0 Å². The summed E-state index contributed by atoms with van der Waals surface area (Å²) in [4.78, 5) is 27.6. The van der Waals surface area contributed by atoms with Crippen molar-refractivity contribution in [2.75, 3.05) is 11.9 Å². The van der Waals surface area contributed by atoms with Gasteiger partial charge in [-0.1, -0.05) is 6.92 Å². The van der Waals surface area contributed by atoms with E-state index in [0.29, 0.717) is 23.4 Å². The van der Waals surface area contributed by atoms with Crippen molar-refractivity contribution < 1.29 is 14.3 Å². The van der Waals surface area contributed by atoms with Gasteiger partial charge in [-0.3, -0.25) is 9.59 Å². The fourth-order valence-electron chi connectivity index (χ4n) is 2.42. The van der Waals surface area contributed by atoms with E-state index in [-0.39, 0.29) is 18.3 Å². The standard InChI is InChI=1S/C20H19N3O3/c1-2-19(24)15-3-9-18(10-4-15)26-13-20(25)22-16-5-7-17(8-6-16)23-12-11-21-14-23/h3-12,14H,2,13H2,1H3,(H,22,25). The van der Waals surface area contributed by atoms with E-state index in [9.17, 15) is 9.59 Å². The average molecular weight is 349 g/mol. The number of nitrogens with one attached hydrogen (secondary N) is 1. The van der Waals surface area contributed by atoms with E-state index in [1.807, 2.05) is 42.0 Å². The zero-order valence-corrected chi connectivity index (χ0v) is 14.4. The largest absolute Gasteiger partial charge is 0.484 e. The second kappa shape index (κ2) is 8.11. The monoisotopic (exact) mass is 349 g/mol. The molecule has 0 radical (unpaired) electrons. The molecule has 0 unspecified atom stereocenters. The number of carbonyl (C=O) groups excluding carboxylic acids is 2. The van der Waals surface area contributed by atoms with Crippen LogP contribution in [-0.2, 0) is 4.79 Å². The average Bonchev–Trinajstić information content (AvgIpc) is 3.21. The van der Waals surface area contributed by atoms with Gasteiger partial charge in [0.15, 0.2) is 12.4 Å². The highest BCUT2D eigenvalue weighted by Gasteiger charge is 2.06. The normalized spacial score (nSPS) is 10.3. The van der Waals surface area contributed by atoms with Crippen molar-refractivity contribution in [1.82, 2.24) is 9.55 Å². The highest BCUT2D eigenvalue weighted by molar-refractivity contribution is 5.96. The first kappa shape index (κ1) is 17.4. The molecule has 0 saturated heterocycles. The van der Waals surface area contributed by atoms with Crippen LogP contribution in [0.2, 0.25) is 0 Å². The van der Waals surface area contributed by atoms with Crippen molar-refractivity contribution in [3.8, 4) is 11.4 Å². The zero-order chi connectivity index (χ0) is 18.4. The van der Waals surface area contributed by atoms with Crippen LogP contribution in [0, 0.1) is 0 Å². The van der Waals surface area contributed by atoms with Gasteiger partial charge in [-0.15, -0.1) is 0 Å². The third-order valence-corrected chi connectivity index (χ3v) is 3.82. The van der Waals surface area contributed by atoms with Gasteiger partial charge in [0.1, 0.15) is 5.75 Å². The van der Waals surface area contributed by atoms with Gasteiger partial charge in [-0.25, -0.2) is 4.98 Å². The minimum atomic E-state index is -0.255. The molecule has 1 heterocycles. The highest BCUT2D eigenvalue weighted by atomic mass is 16.5. The first-order chi connectivity index (χ1) is 12.7. The molecule has 0 bridgehead atoms. The zero-order valence-electron chi connectivity index (χ0n) is 14.4. The summed E-state index contributed by atoms with van der Waals surface area (Å²) in [6, 6.07) is 14.2. The smallest absolute Gasteiger partial charge is 0.262 e. The van der Waals surface area contributed by atoms with Crippen molar-refractivity contribution in [3.05, 3.63) is 72.8 Å². The topological polar surface area (TPSA) is 73.2 Å². The lowest BCUT2D eigenvalue weighted by atomic mass is 10.1. The number of hydrogen-bond acceptors (Lipinski definition) is 4. The van der Waals surface area contributed by atoms with E-state index in [4.69, 9.17) is 4.74 Å². The number of nitrogens with zero attached hydrogens (tertiary/aromatic N) is 2. The van der Waals surface area contributed by atoms with E-state index in [1.54, 1.807) is 36.8 Å². The first-order valence-corrected chi connectivity index (χ1v) is 8.30. The Morgan fingerprint density at radius 2 is 1.81 bits per heavy atom. The molecule has 3 rings (SSSR count). The summed E-state index contributed by atoms with van der Waals surface area (Å²) in [5.41, 5.74) is 2.28. The number of ether oxygens (including phenoxy) is 1. The third-order valence-electron chi connectivity index (χ3n) is 3.82. The van der Waals surface area contributed by atoms with E-state index < -0.39 is 0 Å². The highest BCUT2D eigenvalue weighted by Crippen LogP contribution is 2.15. The number of hydrogen-bond donors (Lipinski definition) is 1. The number of ketones is 1. The fourth-order valence-corrected chi connectivity index (χ4v) is 2.42. The molecule has 0 fully saturated rings. The maximum Gasteiger partial charge on any atom is 0.262 e. The van der Waals surface area contributed by atoms with Gasteiger partial charge < -0.3 is 14.6 Å². The number of anilines is 1. The second-order valence-electron chi connectivity index (χ2n) is 5.65. The summed E-state index contributed by atoms with van der Waals surface area (Å²) in [6.07, 6.45) is 5.72. The summed E-state index contributed by atoms with van der Waals surface area (Å²) in [5.74, 6) is 0.366. The number of rotatable bonds is 7. The number of Topliss-reactive ketones (excluding diaryl/α,β-unsaturated/α-hetero) is 1. The summed E-state index contributed by atoms with van der Waals surface area (Å²) < 4.78 is 7.33. The van der Waals surface area contributed by atoms with Crippen molar-refractivity contribution in [2.45, 2.75) is 13.3 Å². The molecule has 3 aromatic rings. The maximum absolute atomic E-state index is 12.0. The molecule has 1 N–H and O–H groups in total. The predicted octanol–water partition coefficient (Wildman–Crippen LogP) is 3.48. The molecule has 132 valence electrons. The number of imidazole rings is 1. The Morgan fingerprint density at radius 1 is 1.08 bits per heavy atom. The molecule has 0 atom stereocenters. The van der Waals surface area contributed by atoms with Crippen molar-refractivity contribution in [1.29, 1.82) is 0 Å². The van der Waals surface area contributed by atoms with Crippen LogP contribution < -0.4 is 10.1 Å². The van der Waals surface area contributed by atoms with Crippen LogP contribution in [-0.4, -0.2) is 27.8 Å². The van der Waals surface area contributed by atoms with Crippen LogP contribution in [0.4, 0.5) is 5.69 Å². The van der Waals surface area contributed by atoms with Crippen LogP contribution >= 0.6 is 0 Å². The molecular formula is C20H19N3O3. The molecule has 0 spiro atoms. The van der Waals surface area contributed by atoms with Gasteiger partial charge in [0.2, 0.25) is 0 Å². The molecule has 6 nitrogen and oxygen atoms in total. The molecule has 1 aromatic heterocycles. The van der Waals surface area contributed by atoms with Gasteiger partial charge in [-0.2, -0.15) is 0 Å². The SMILES string of the molecule is CCC(=O)c1ccc(OCC(=O)Nc2ccc(-n3ccnc3)cc2)cc1. The lowest BCUT2D eigenvalue weighted by Gasteiger charge is -2.09. The van der Waals surface area contributed by atoms with E-state index in [2.05, 4.69) is 10.3 Å². The maximum atomic E-state index is 12.0.